The lowest BCUT2D eigenvalue weighted by Crippen LogP contribution is -2.22. The molecule has 0 radical (unpaired) electrons. The van der Waals surface area contributed by atoms with Crippen molar-refractivity contribution in [3.05, 3.63) is 29.8 Å². The Balaban J connectivity index is 0. The fraction of sp³-hybridized carbons (Fsp3) is 0.400. The maximum Gasteiger partial charge on any atom is 0.119 e. The first kappa shape index (κ1) is 16.9. The molecule has 88 valence electrons. The Labute approximate surface area is 103 Å². The second kappa shape index (κ2) is 8.80. The molecule has 0 saturated carbocycles. The molecule has 0 spiro atoms. The van der Waals surface area contributed by atoms with E-state index in [-0.39, 0.29) is 30.9 Å². The number of benzene rings is 1. The SMILES string of the molecule is CC(CN)Oc1ccc(CN)cc1.Cl.Cl. The molecule has 0 aromatic heterocycles. The minimum Gasteiger partial charge on any atom is -0.489 e. The molecule has 15 heavy (non-hydrogen) atoms. The fourth-order valence-electron chi connectivity index (χ4n) is 0.985. The summed E-state index contributed by atoms with van der Waals surface area (Å²) < 4.78 is 5.50. The van der Waals surface area contributed by atoms with Crippen LogP contribution in [0.15, 0.2) is 24.3 Å². The lowest BCUT2D eigenvalue weighted by Gasteiger charge is -2.12. The molecule has 0 saturated heterocycles. The van der Waals surface area contributed by atoms with Crippen molar-refractivity contribution in [2.45, 2.75) is 19.6 Å². The van der Waals surface area contributed by atoms with Gasteiger partial charge in [-0.3, -0.25) is 0 Å². The molecule has 1 rings (SSSR count). The second-order valence-corrected chi connectivity index (χ2v) is 3.01. The highest BCUT2D eigenvalue weighted by atomic mass is 35.5. The number of ether oxygens (including phenoxy) is 1. The van der Waals surface area contributed by atoms with Crippen LogP contribution in [0.25, 0.3) is 0 Å². The lowest BCUT2D eigenvalue weighted by molar-refractivity contribution is 0.230. The van der Waals surface area contributed by atoms with Crippen molar-refractivity contribution in [2.24, 2.45) is 11.5 Å². The normalized spacial score (nSPS) is 10.9. The van der Waals surface area contributed by atoms with E-state index in [1.807, 2.05) is 31.2 Å². The molecule has 0 aliphatic carbocycles. The Kier molecular flexibility index (Phi) is 9.93. The van der Waals surface area contributed by atoms with Crippen molar-refractivity contribution in [2.75, 3.05) is 6.54 Å². The summed E-state index contributed by atoms with van der Waals surface area (Å²) in [4.78, 5) is 0. The Morgan fingerprint density at radius 2 is 1.67 bits per heavy atom. The molecule has 0 aliphatic heterocycles. The van der Waals surface area contributed by atoms with Gasteiger partial charge in [-0.25, -0.2) is 0 Å². The minimum atomic E-state index is 0. The number of hydrogen-bond donors (Lipinski definition) is 2. The van der Waals surface area contributed by atoms with E-state index in [0.717, 1.165) is 11.3 Å². The highest BCUT2D eigenvalue weighted by molar-refractivity contribution is 5.85. The van der Waals surface area contributed by atoms with Crippen molar-refractivity contribution in [3.8, 4) is 5.75 Å². The van der Waals surface area contributed by atoms with Gasteiger partial charge in [-0.05, 0) is 24.6 Å². The fourth-order valence-corrected chi connectivity index (χ4v) is 0.985. The van der Waals surface area contributed by atoms with E-state index in [1.54, 1.807) is 0 Å². The molecule has 0 bridgehead atoms. The van der Waals surface area contributed by atoms with Gasteiger partial charge < -0.3 is 16.2 Å². The molecule has 1 unspecified atom stereocenters. The van der Waals surface area contributed by atoms with Gasteiger partial charge in [0.25, 0.3) is 0 Å². The second-order valence-electron chi connectivity index (χ2n) is 3.01. The third-order valence-corrected chi connectivity index (χ3v) is 1.83. The Morgan fingerprint density at radius 1 is 1.13 bits per heavy atom. The molecule has 0 heterocycles. The predicted molar refractivity (Wildman–Crippen MR) is 68.0 cm³/mol. The Hall–Kier alpha value is -0.480. The van der Waals surface area contributed by atoms with Crippen LogP contribution in [-0.4, -0.2) is 12.6 Å². The lowest BCUT2D eigenvalue weighted by atomic mass is 10.2. The first-order chi connectivity index (χ1) is 6.26. The van der Waals surface area contributed by atoms with Gasteiger partial charge in [-0.1, -0.05) is 12.1 Å². The van der Waals surface area contributed by atoms with E-state index in [2.05, 4.69) is 0 Å². The number of rotatable bonds is 4. The number of halogens is 2. The average Bonchev–Trinajstić information content (AvgIpc) is 2.19. The van der Waals surface area contributed by atoms with Crippen LogP contribution in [0.2, 0.25) is 0 Å². The van der Waals surface area contributed by atoms with Crippen LogP contribution in [0, 0.1) is 0 Å². The molecule has 1 atom stereocenters. The Bertz CT molecular complexity index is 254. The van der Waals surface area contributed by atoms with Crippen LogP contribution < -0.4 is 16.2 Å². The summed E-state index contributed by atoms with van der Waals surface area (Å²) in [5, 5.41) is 0. The molecule has 3 nitrogen and oxygen atoms in total. The summed E-state index contributed by atoms with van der Waals surface area (Å²) in [5.74, 6) is 0.843. The third kappa shape index (κ3) is 5.85. The van der Waals surface area contributed by atoms with Crippen LogP contribution in [0.5, 0.6) is 5.75 Å². The highest BCUT2D eigenvalue weighted by Gasteiger charge is 2.00. The summed E-state index contributed by atoms with van der Waals surface area (Å²) in [5.41, 5.74) is 12.0. The van der Waals surface area contributed by atoms with Crippen LogP contribution in [0.3, 0.4) is 0 Å². The van der Waals surface area contributed by atoms with E-state index in [4.69, 9.17) is 16.2 Å². The first-order valence-electron chi connectivity index (χ1n) is 4.42. The molecule has 0 fully saturated rings. The van der Waals surface area contributed by atoms with Gasteiger partial charge in [-0.15, -0.1) is 24.8 Å². The van der Waals surface area contributed by atoms with Gasteiger partial charge in [-0.2, -0.15) is 0 Å². The van der Waals surface area contributed by atoms with E-state index in [1.165, 1.54) is 0 Å². The van der Waals surface area contributed by atoms with Crippen molar-refractivity contribution in [1.29, 1.82) is 0 Å². The maximum absolute atomic E-state index is 5.50. The average molecular weight is 253 g/mol. The molecule has 4 N–H and O–H groups in total. The summed E-state index contributed by atoms with van der Waals surface area (Å²) >= 11 is 0. The summed E-state index contributed by atoms with van der Waals surface area (Å²) in [6, 6.07) is 7.74. The molecule has 1 aromatic carbocycles. The van der Waals surface area contributed by atoms with Crippen molar-refractivity contribution in [1.82, 2.24) is 0 Å². The minimum absolute atomic E-state index is 0. The van der Waals surface area contributed by atoms with E-state index in [0.29, 0.717) is 13.1 Å². The Morgan fingerprint density at radius 3 is 2.07 bits per heavy atom. The molecule has 5 heteroatoms. The number of nitrogens with two attached hydrogens (primary N) is 2. The standard InChI is InChI=1S/C10H16N2O.2ClH/c1-8(6-11)13-10-4-2-9(7-12)3-5-10;;/h2-5,8H,6-7,11-12H2,1H3;2*1H. The van der Waals surface area contributed by atoms with Crippen LogP contribution in [-0.2, 0) is 6.54 Å². The molecular formula is C10H18Cl2N2O. The molecular weight excluding hydrogens is 235 g/mol. The van der Waals surface area contributed by atoms with E-state index in [9.17, 15) is 0 Å². The monoisotopic (exact) mass is 252 g/mol. The number of hydrogen-bond acceptors (Lipinski definition) is 3. The highest BCUT2D eigenvalue weighted by Crippen LogP contribution is 2.13. The van der Waals surface area contributed by atoms with Gasteiger partial charge in [0.1, 0.15) is 11.9 Å². The third-order valence-electron chi connectivity index (χ3n) is 1.83. The first-order valence-corrected chi connectivity index (χ1v) is 4.42. The molecule has 1 aromatic rings. The van der Waals surface area contributed by atoms with Gasteiger partial charge >= 0.3 is 0 Å². The summed E-state index contributed by atoms with van der Waals surface area (Å²) in [7, 11) is 0. The van der Waals surface area contributed by atoms with E-state index >= 15 is 0 Å². The smallest absolute Gasteiger partial charge is 0.119 e. The van der Waals surface area contributed by atoms with Gasteiger partial charge in [0.15, 0.2) is 0 Å². The van der Waals surface area contributed by atoms with Crippen LogP contribution >= 0.6 is 24.8 Å². The van der Waals surface area contributed by atoms with Gasteiger partial charge in [0.05, 0.1) is 0 Å². The van der Waals surface area contributed by atoms with Crippen LogP contribution in [0.1, 0.15) is 12.5 Å². The summed E-state index contributed by atoms with van der Waals surface area (Å²) in [6.45, 7) is 3.03. The largest absolute Gasteiger partial charge is 0.489 e. The van der Waals surface area contributed by atoms with Crippen molar-refractivity contribution in [3.63, 3.8) is 0 Å². The van der Waals surface area contributed by atoms with E-state index < -0.39 is 0 Å². The quantitative estimate of drug-likeness (QED) is 0.858. The predicted octanol–water partition coefficient (Wildman–Crippen LogP) is 1.71. The molecule has 0 amide bonds. The van der Waals surface area contributed by atoms with Crippen molar-refractivity contribution >= 4 is 24.8 Å². The van der Waals surface area contributed by atoms with Gasteiger partial charge in [0, 0.05) is 13.1 Å². The topological polar surface area (TPSA) is 61.3 Å². The zero-order chi connectivity index (χ0) is 9.68. The van der Waals surface area contributed by atoms with Gasteiger partial charge in [0.2, 0.25) is 0 Å². The van der Waals surface area contributed by atoms with Crippen molar-refractivity contribution < 1.29 is 4.74 Å². The van der Waals surface area contributed by atoms with Crippen LogP contribution in [0.4, 0.5) is 0 Å². The zero-order valence-electron chi connectivity index (χ0n) is 8.68. The molecule has 0 aliphatic rings. The summed E-state index contributed by atoms with van der Waals surface area (Å²) in [6.07, 6.45) is 0.0590. The zero-order valence-corrected chi connectivity index (χ0v) is 10.3. The maximum atomic E-state index is 5.50.